The van der Waals surface area contributed by atoms with E-state index in [1.165, 1.54) is 12.4 Å². The van der Waals surface area contributed by atoms with Gasteiger partial charge in [0.15, 0.2) is 0 Å². The third-order valence-corrected chi connectivity index (χ3v) is 6.03. The molecule has 1 fully saturated rings. The van der Waals surface area contributed by atoms with Gasteiger partial charge in [-0.25, -0.2) is 23.1 Å². The van der Waals surface area contributed by atoms with Crippen molar-refractivity contribution in [2.75, 3.05) is 62.8 Å². The Hall–Kier alpha value is -2.63. The Morgan fingerprint density at radius 1 is 1.06 bits per heavy atom. The van der Waals surface area contributed by atoms with Crippen LogP contribution in [0.1, 0.15) is 13.8 Å². The van der Waals surface area contributed by atoms with Crippen molar-refractivity contribution in [1.29, 1.82) is 0 Å². The normalized spacial score (nSPS) is 14.3. The van der Waals surface area contributed by atoms with Crippen LogP contribution in [0.2, 0.25) is 0 Å². The van der Waals surface area contributed by atoms with E-state index >= 15 is 0 Å². The van der Waals surface area contributed by atoms with Crippen LogP contribution in [0.4, 0.5) is 11.6 Å². The van der Waals surface area contributed by atoms with Gasteiger partial charge in [0.25, 0.3) is 0 Å². The van der Waals surface area contributed by atoms with Gasteiger partial charge in [-0.3, -0.25) is 0 Å². The summed E-state index contributed by atoms with van der Waals surface area (Å²) in [6, 6.07) is 6.55. The van der Waals surface area contributed by atoms with Gasteiger partial charge in [-0.15, -0.1) is 0 Å². The summed E-state index contributed by atoms with van der Waals surface area (Å²) in [5, 5.41) is 3.13. The maximum atomic E-state index is 12.8. The van der Waals surface area contributed by atoms with E-state index in [0.717, 1.165) is 18.9 Å². The lowest BCUT2D eigenvalue weighted by Crippen LogP contribution is -2.36. The number of rotatable bonds is 11. The third-order valence-electron chi connectivity index (χ3n) is 4.53. The van der Waals surface area contributed by atoms with Gasteiger partial charge in [-0.1, -0.05) is 0 Å². The van der Waals surface area contributed by atoms with Gasteiger partial charge >= 0.3 is 0 Å². The zero-order valence-electron chi connectivity index (χ0n) is 17.8. The molecular weight excluding hydrogens is 422 g/mol. The number of hydrogen-bond acceptors (Lipinski definition) is 9. The molecule has 31 heavy (non-hydrogen) atoms. The molecule has 1 aromatic heterocycles. The molecule has 1 aliphatic heterocycles. The SMILES string of the molecule is CCOc1ccc(S(=O)(=O)NCCNc2cc(N3CCOCC3)ncn2)c(OCC)c1. The molecule has 0 spiro atoms. The summed E-state index contributed by atoms with van der Waals surface area (Å²) in [6.07, 6.45) is 1.49. The highest BCUT2D eigenvalue weighted by Gasteiger charge is 2.20. The average molecular weight is 452 g/mol. The molecule has 2 N–H and O–H groups in total. The molecule has 0 radical (unpaired) electrons. The summed E-state index contributed by atoms with van der Waals surface area (Å²) in [7, 11) is -3.75. The molecule has 11 heteroatoms. The largest absolute Gasteiger partial charge is 0.494 e. The molecule has 10 nitrogen and oxygen atoms in total. The smallest absolute Gasteiger partial charge is 0.244 e. The van der Waals surface area contributed by atoms with Gasteiger partial charge in [0.1, 0.15) is 34.4 Å². The molecule has 2 heterocycles. The molecule has 2 aromatic rings. The van der Waals surface area contributed by atoms with Gasteiger partial charge in [-0.2, -0.15) is 0 Å². The lowest BCUT2D eigenvalue weighted by Gasteiger charge is -2.27. The summed E-state index contributed by atoms with van der Waals surface area (Å²) in [5.74, 6) is 2.27. The van der Waals surface area contributed by atoms with E-state index in [1.807, 2.05) is 13.0 Å². The molecule has 170 valence electrons. The summed E-state index contributed by atoms with van der Waals surface area (Å²) < 4.78 is 44.4. The average Bonchev–Trinajstić information content (AvgIpc) is 2.78. The van der Waals surface area contributed by atoms with Crippen LogP contribution in [0.3, 0.4) is 0 Å². The summed E-state index contributed by atoms with van der Waals surface area (Å²) in [4.78, 5) is 10.7. The second-order valence-electron chi connectivity index (χ2n) is 6.66. The van der Waals surface area contributed by atoms with Crippen molar-refractivity contribution in [1.82, 2.24) is 14.7 Å². The maximum Gasteiger partial charge on any atom is 0.244 e. The van der Waals surface area contributed by atoms with Crippen LogP contribution in [0.5, 0.6) is 11.5 Å². The first-order chi connectivity index (χ1) is 15.0. The fourth-order valence-electron chi connectivity index (χ4n) is 3.10. The lowest BCUT2D eigenvalue weighted by molar-refractivity contribution is 0.122. The first-order valence-electron chi connectivity index (χ1n) is 10.3. The number of nitrogens with zero attached hydrogens (tertiary/aromatic N) is 3. The maximum absolute atomic E-state index is 12.8. The van der Waals surface area contributed by atoms with Crippen LogP contribution < -0.4 is 24.4 Å². The number of anilines is 2. The lowest BCUT2D eigenvalue weighted by atomic mass is 10.3. The third kappa shape index (κ3) is 6.42. The van der Waals surface area contributed by atoms with Gasteiger partial charge in [0, 0.05) is 38.3 Å². The highest BCUT2D eigenvalue weighted by atomic mass is 32.2. The van der Waals surface area contributed by atoms with E-state index in [9.17, 15) is 8.42 Å². The standard InChI is InChI=1S/C20H29N5O5S/c1-3-29-16-5-6-18(17(13-16)30-4-2)31(26,27)24-8-7-21-19-14-20(23-15-22-19)25-9-11-28-12-10-25/h5-6,13-15,24H,3-4,7-12H2,1-2H3,(H,21,22,23). The van der Waals surface area contributed by atoms with Gasteiger partial charge in [-0.05, 0) is 26.0 Å². The second kappa shape index (κ2) is 11.1. The van der Waals surface area contributed by atoms with Crippen molar-refractivity contribution in [3.05, 3.63) is 30.6 Å². The zero-order valence-corrected chi connectivity index (χ0v) is 18.7. The van der Waals surface area contributed by atoms with E-state index in [0.29, 0.717) is 44.5 Å². The number of nitrogens with one attached hydrogen (secondary N) is 2. The minimum absolute atomic E-state index is 0.0782. The minimum Gasteiger partial charge on any atom is -0.494 e. The molecular formula is C20H29N5O5S. The van der Waals surface area contributed by atoms with Crippen LogP contribution in [0, 0.1) is 0 Å². The summed E-state index contributed by atoms with van der Waals surface area (Å²) in [6.45, 7) is 7.93. The highest BCUT2D eigenvalue weighted by Crippen LogP contribution is 2.28. The fourth-order valence-corrected chi connectivity index (χ4v) is 4.25. The number of benzene rings is 1. The Kier molecular flexibility index (Phi) is 8.27. The Balaban J connectivity index is 1.57. The number of morpholine rings is 1. The Bertz CT molecular complexity index is 951. The van der Waals surface area contributed by atoms with E-state index in [1.54, 1.807) is 19.1 Å². The van der Waals surface area contributed by atoms with E-state index in [2.05, 4.69) is 24.9 Å². The summed E-state index contributed by atoms with van der Waals surface area (Å²) in [5.41, 5.74) is 0. The van der Waals surface area contributed by atoms with E-state index < -0.39 is 10.0 Å². The quantitative estimate of drug-likeness (QED) is 0.490. The van der Waals surface area contributed by atoms with Crippen LogP contribution >= 0.6 is 0 Å². The van der Waals surface area contributed by atoms with Crippen molar-refractivity contribution in [2.45, 2.75) is 18.7 Å². The zero-order chi connectivity index (χ0) is 22.1. The molecule has 0 atom stereocenters. The minimum atomic E-state index is -3.75. The first kappa shape index (κ1) is 23.0. The number of sulfonamides is 1. The fraction of sp³-hybridized carbons (Fsp3) is 0.500. The highest BCUT2D eigenvalue weighted by molar-refractivity contribution is 7.89. The second-order valence-corrected chi connectivity index (χ2v) is 8.40. The number of ether oxygens (including phenoxy) is 3. The number of hydrogen-bond donors (Lipinski definition) is 2. The molecule has 1 saturated heterocycles. The summed E-state index contributed by atoms with van der Waals surface area (Å²) >= 11 is 0. The van der Waals surface area contributed by atoms with Crippen LogP contribution in [0.25, 0.3) is 0 Å². The van der Waals surface area contributed by atoms with Gasteiger partial charge in [0.05, 0.1) is 26.4 Å². The molecule has 0 unspecified atom stereocenters. The van der Waals surface area contributed by atoms with Crippen molar-refractivity contribution < 1.29 is 22.6 Å². The van der Waals surface area contributed by atoms with Crippen LogP contribution in [0.15, 0.2) is 35.5 Å². The Morgan fingerprint density at radius 3 is 2.58 bits per heavy atom. The van der Waals surface area contributed by atoms with Crippen molar-refractivity contribution >= 4 is 21.7 Å². The predicted molar refractivity (Wildman–Crippen MR) is 118 cm³/mol. The van der Waals surface area contributed by atoms with Crippen molar-refractivity contribution in [3.63, 3.8) is 0 Å². The first-order valence-corrected chi connectivity index (χ1v) is 11.8. The molecule has 3 rings (SSSR count). The van der Waals surface area contributed by atoms with Gasteiger partial charge < -0.3 is 24.4 Å². The molecule has 1 aromatic carbocycles. The number of aromatic nitrogens is 2. The molecule has 1 aliphatic rings. The topological polar surface area (TPSA) is 115 Å². The van der Waals surface area contributed by atoms with Crippen LogP contribution in [-0.2, 0) is 14.8 Å². The molecule has 0 amide bonds. The van der Waals surface area contributed by atoms with Crippen molar-refractivity contribution in [3.8, 4) is 11.5 Å². The van der Waals surface area contributed by atoms with Crippen LogP contribution in [-0.4, -0.2) is 71.0 Å². The Labute approximate surface area is 183 Å². The monoisotopic (exact) mass is 451 g/mol. The predicted octanol–water partition coefficient (Wildman–Crippen LogP) is 1.50. The molecule has 0 bridgehead atoms. The van der Waals surface area contributed by atoms with E-state index in [-0.39, 0.29) is 17.2 Å². The van der Waals surface area contributed by atoms with Gasteiger partial charge in [0.2, 0.25) is 10.0 Å². The molecule has 0 aliphatic carbocycles. The van der Waals surface area contributed by atoms with E-state index in [4.69, 9.17) is 14.2 Å². The van der Waals surface area contributed by atoms with Crippen molar-refractivity contribution in [2.24, 2.45) is 0 Å². The Morgan fingerprint density at radius 2 is 1.84 bits per heavy atom. The molecule has 0 saturated carbocycles.